The van der Waals surface area contributed by atoms with Crippen molar-refractivity contribution < 1.29 is 8.42 Å². The van der Waals surface area contributed by atoms with E-state index in [1.54, 1.807) is 19.1 Å². The third kappa shape index (κ3) is 4.04. The van der Waals surface area contributed by atoms with Crippen molar-refractivity contribution in [3.8, 4) is 0 Å². The van der Waals surface area contributed by atoms with Crippen LogP contribution in [0.15, 0.2) is 52.5 Å². The number of hydrazone groups is 1. The molecular formula is C15H15IN2O2S. The number of nitrogens with one attached hydrogen (secondary N) is 1. The molecule has 0 fully saturated rings. The van der Waals surface area contributed by atoms with Gasteiger partial charge in [0.1, 0.15) is 0 Å². The van der Waals surface area contributed by atoms with Crippen LogP contribution in [0, 0.1) is 17.4 Å². The first-order valence-electron chi connectivity index (χ1n) is 6.27. The first-order chi connectivity index (χ1) is 9.90. The van der Waals surface area contributed by atoms with Gasteiger partial charge in [0.05, 0.1) is 11.1 Å². The van der Waals surface area contributed by atoms with E-state index in [4.69, 9.17) is 0 Å². The summed E-state index contributed by atoms with van der Waals surface area (Å²) in [4.78, 5) is 2.51. The predicted molar refractivity (Wildman–Crippen MR) is 93.0 cm³/mol. The van der Waals surface area contributed by atoms with E-state index in [0.717, 1.165) is 14.7 Å². The van der Waals surface area contributed by atoms with E-state index in [2.05, 4.69) is 32.5 Å². The van der Waals surface area contributed by atoms with Crippen LogP contribution >= 0.6 is 22.6 Å². The molecule has 0 radical (unpaired) electrons. The van der Waals surface area contributed by atoms with Gasteiger partial charge < -0.3 is 0 Å². The molecule has 0 unspecified atom stereocenters. The van der Waals surface area contributed by atoms with Crippen LogP contribution in [0.1, 0.15) is 16.7 Å². The van der Waals surface area contributed by atoms with E-state index < -0.39 is 10.0 Å². The van der Waals surface area contributed by atoms with Crippen molar-refractivity contribution in [2.75, 3.05) is 0 Å². The highest BCUT2D eigenvalue weighted by atomic mass is 127. The summed E-state index contributed by atoms with van der Waals surface area (Å²) in [5.41, 5.74) is 2.45. The van der Waals surface area contributed by atoms with Crippen LogP contribution in [0.2, 0.25) is 0 Å². The Hall–Kier alpha value is -1.41. The van der Waals surface area contributed by atoms with Crippen LogP contribution < -0.4 is 4.83 Å². The Labute approximate surface area is 138 Å². The highest BCUT2D eigenvalue weighted by molar-refractivity contribution is 14.1. The number of rotatable bonds is 4. The lowest BCUT2D eigenvalue weighted by Gasteiger charge is -2.07. The number of nitrogens with zero attached hydrogens (tertiary/aromatic N) is 1. The Balaban J connectivity index is 2.23. The summed E-state index contributed by atoms with van der Waals surface area (Å²) in [5.74, 6) is 0. The molecule has 21 heavy (non-hydrogen) atoms. The van der Waals surface area contributed by atoms with Crippen molar-refractivity contribution in [2.45, 2.75) is 18.7 Å². The van der Waals surface area contributed by atoms with E-state index in [-0.39, 0.29) is 4.90 Å². The van der Waals surface area contributed by atoms with Crippen LogP contribution in [0.3, 0.4) is 0 Å². The van der Waals surface area contributed by atoms with Crippen LogP contribution in [0.4, 0.5) is 0 Å². The van der Waals surface area contributed by atoms with Gasteiger partial charge in [-0.15, -0.1) is 0 Å². The number of halogens is 1. The Morgan fingerprint density at radius 3 is 2.57 bits per heavy atom. The first-order valence-corrected chi connectivity index (χ1v) is 8.83. The van der Waals surface area contributed by atoms with Crippen molar-refractivity contribution in [2.24, 2.45) is 5.10 Å². The summed E-state index contributed by atoms with van der Waals surface area (Å²) in [6, 6.07) is 12.9. The molecule has 2 rings (SSSR count). The summed E-state index contributed by atoms with van der Waals surface area (Å²) in [6.45, 7) is 3.62. The number of hydrogen-bond acceptors (Lipinski definition) is 3. The van der Waals surface area contributed by atoms with Gasteiger partial charge in [0.2, 0.25) is 0 Å². The molecule has 0 saturated heterocycles. The molecular weight excluding hydrogens is 399 g/mol. The van der Waals surface area contributed by atoms with Gasteiger partial charge in [-0.1, -0.05) is 30.3 Å². The van der Waals surface area contributed by atoms with Crippen molar-refractivity contribution >= 4 is 38.8 Å². The summed E-state index contributed by atoms with van der Waals surface area (Å²) in [6.07, 6.45) is 1.50. The van der Waals surface area contributed by atoms with Crippen molar-refractivity contribution in [1.29, 1.82) is 0 Å². The lowest BCUT2D eigenvalue weighted by Crippen LogP contribution is -2.19. The van der Waals surface area contributed by atoms with Gasteiger partial charge in [-0.3, -0.25) is 0 Å². The number of benzene rings is 2. The topological polar surface area (TPSA) is 58.5 Å². The lowest BCUT2D eigenvalue weighted by molar-refractivity contribution is 0.584. The normalized spacial score (nSPS) is 11.8. The second kappa shape index (κ2) is 6.57. The smallest absolute Gasteiger partial charge is 0.200 e. The van der Waals surface area contributed by atoms with Gasteiger partial charge in [0.15, 0.2) is 0 Å². The highest BCUT2D eigenvalue weighted by Crippen LogP contribution is 2.16. The minimum atomic E-state index is -3.65. The summed E-state index contributed by atoms with van der Waals surface area (Å²) in [5, 5.41) is 3.85. The molecule has 2 aromatic carbocycles. The Bertz CT molecular complexity index is 786. The minimum Gasteiger partial charge on any atom is -0.200 e. The van der Waals surface area contributed by atoms with E-state index in [1.165, 1.54) is 6.21 Å². The average molecular weight is 414 g/mol. The predicted octanol–water partition coefficient (Wildman–Crippen LogP) is 3.22. The zero-order valence-corrected chi connectivity index (χ0v) is 14.6. The fourth-order valence-electron chi connectivity index (χ4n) is 1.79. The quantitative estimate of drug-likeness (QED) is 0.475. The molecule has 0 aliphatic carbocycles. The van der Waals surface area contributed by atoms with E-state index in [0.29, 0.717) is 5.56 Å². The standard InChI is InChI=1S/C15H15IN2O2S/c1-11-7-8-12(2)15(9-11)21(19,20)18-17-10-13-5-3-4-6-14(13)16/h3-10,18H,1-2H3/b17-10+. The fourth-order valence-corrected chi connectivity index (χ4v) is 3.44. The maximum Gasteiger partial charge on any atom is 0.276 e. The molecule has 0 amide bonds. The fraction of sp³-hybridized carbons (Fsp3) is 0.133. The molecule has 0 atom stereocenters. The van der Waals surface area contributed by atoms with E-state index in [1.807, 2.05) is 37.3 Å². The van der Waals surface area contributed by atoms with Gasteiger partial charge in [-0.2, -0.15) is 13.5 Å². The largest absolute Gasteiger partial charge is 0.276 e. The van der Waals surface area contributed by atoms with Gasteiger partial charge in [-0.05, 0) is 59.7 Å². The Kier molecular flexibility index (Phi) is 5.00. The Morgan fingerprint density at radius 2 is 1.86 bits per heavy atom. The molecule has 0 aromatic heterocycles. The number of aryl methyl sites for hydroxylation is 2. The molecule has 2 aromatic rings. The first kappa shape index (κ1) is 16.0. The lowest BCUT2D eigenvalue weighted by atomic mass is 10.2. The molecule has 0 aliphatic heterocycles. The molecule has 0 spiro atoms. The van der Waals surface area contributed by atoms with Gasteiger partial charge in [-0.25, -0.2) is 4.83 Å². The second-order valence-corrected chi connectivity index (χ2v) is 7.43. The number of sulfonamides is 1. The molecule has 4 nitrogen and oxygen atoms in total. The summed E-state index contributed by atoms with van der Waals surface area (Å²) in [7, 11) is -3.65. The van der Waals surface area contributed by atoms with Crippen molar-refractivity contribution in [3.63, 3.8) is 0 Å². The molecule has 0 bridgehead atoms. The monoisotopic (exact) mass is 414 g/mol. The molecule has 0 heterocycles. The third-order valence-corrected chi connectivity index (χ3v) is 5.26. The Morgan fingerprint density at radius 1 is 1.14 bits per heavy atom. The number of hydrogen-bond donors (Lipinski definition) is 1. The van der Waals surface area contributed by atoms with Crippen LogP contribution in [-0.4, -0.2) is 14.6 Å². The molecule has 0 saturated carbocycles. The average Bonchev–Trinajstić information content (AvgIpc) is 2.43. The van der Waals surface area contributed by atoms with E-state index >= 15 is 0 Å². The zero-order valence-electron chi connectivity index (χ0n) is 11.7. The summed E-state index contributed by atoms with van der Waals surface area (Å²) < 4.78 is 25.5. The van der Waals surface area contributed by atoms with Crippen molar-refractivity contribution in [1.82, 2.24) is 4.83 Å². The third-order valence-electron chi connectivity index (χ3n) is 2.91. The molecule has 0 aliphatic rings. The highest BCUT2D eigenvalue weighted by Gasteiger charge is 2.15. The van der Waals surface area contributed by atoms with Crippen LogP contribution in [0.25, 0.3) is 0 Å². The van der Waals surface area contributed by atoms with Crippen LogP contribution in [-0.2, 0) is 10.0 Å². The summed E-state index contributed by atoms with van der Waals surface area (Å²) >= 11 is 2.17. The van der Waals surface area contributed by atoms with Gasteiger partial charge in [0.25, 0.3) is 10.0 Å². The van der Waals surface area contributed by atoms with Gasteiger partial charge in [0, 0.05) is 9.13 Å². The van der Waals surface area contributed by atoms with Gasteiger partial charge >= 0.3 is 0 Å². The molecule has 6 heteroatoms. The SMILES string of the molecule is Cc1ccc(C)c(S(=O)(=O)N/N=C/c2ccccc2I)c1. The van der Waals surface area contributed by atoms with Crippen molar-refractivity contribution in [3.05, 3.63) is 62.7 Å². The zero-order chi connectivity index (χ0) is 15.5. The maximum atomic E-state index is 12.3. The van der Waals surface area contributed by atoms with Crippen LogP contribution in [0.5, 0.6) is 0 Å². The second-order valence-electron chi connectivity index (χ2n) is 4.64. The minimum absolute atomic E-state index is 0.252. The maximum absolute atomic E-state index is 12.3. The molecule has 1 N–H and O–H groups in total. The molecule has 110 valence electrons. The van der Waals surface area contributed by atoms with E-state index in [9.17, 15) is 8.42 Å².